The van der Waals surface area contributed by atoms with Crippen molar-refractivity contribution in [2.75, 3.05) is 5.32 Å². The van der Waals surface area contributed by atoms with Crippen molar-refractivity contribution in [3.63, 3.8) is 0 Å². The molecule has 0 saturated carbocycles. The molecule has 3 N–H and O–H groups in total. The van der Waals surface area contributed by atoms with E-state index in [9.17, 15) is 5.11 Å². The van der Waals surface area contributed by atoms with Gasteiger partial charge in [0, 0.05) is 17.8 Å². The van der Waals surface area contributed by atoms with Crippen LogP contribution >= 0.6 is 0 Å². The maximum absolute atomic E-state index is 9.77. The molecule has 4 rings (SSSR count). The topological polar surface area (TPSA) is 73.8 Å². The van der Waals surface area contributed by atoms with Gasteiger partial charge in [-0.1, -0.05) is 18.2 Å². The van der Waals surface area contributed by atoms with Gasteiger partial charge in [-0.05, 0) is 47.5 Å². The lowest BCUT2D eigenvalue weighted by atomic mass is 10.0. The summed E-state index contributed by atoms with van der Waals surface area (Å²) in [6.07, 6.45) is 3.64. The van der Waals surface area contributed by atoms with Gasteiger partial charge in [-0.25, -0.2) is 4.98 Å². The highest BCUT2D eigenvalue weighted by molar-refractivity contribution is 5.94. The zero-order valence-electron chi connectivity index (χ0n) is 12.9. The molecule has 0 atom stereocenters. The molecular weight excluding hydrogens is 300 g/mol. The lowest BCUT2D eigenvalue weighted by Crippen LogP contribution is -2.03. The summed E-state index contributed by atoms with van der Waals surface area (Å²) >= 11 is 0. The van der Waals surface area contributed by atoms with Crippen LogP contribution in [0.3, 0.4) is 0 Å². The van der Waals surface area contributed by atoms with Crippen molar-refractivity contribution in [1.82, 2.24) is 15.0 Å². The minimum atomic E-state index is 0.246. The summed E-state index contributed by atoms with van der Waals surface area (Å²) in [7, 11) is 0. The van der Waals surface area contributed by atoms with E-state index in [0.717, 1.165) is 33.7 Å². The maximum atomic E-state index is 9.77. The number of nitrogens with one attached hydrogen (secondary N) is 2. The number of H-pyrrole nitrogens is 1. The Kier molecular flexibility index (Phi) is 3.59. The standard InChI is InChI=1S/C19H16N4O/c24-15-6-3-4-13(10-15)17-11-18(23-19-16(17)7-9-21-19)22-12-14-5-1-2-8-20-14/h1-11,24H,12H2,(H2,21,22,23). The number of hydrogen-bond donors (Lipinski definition) is 3. The van der Waals surface area contributed by atoms with Gasteiger partial charge in [-0.15, -0.1) is 0 Å². The largest absolute Gasteiger partial charge is 0.508 e. The number of phenols is 1. The first-order chi connectivity index (χ1) is 11.8. The Morgan fingerprint density at radius 1 is 1.04 bits per heavy atom. The molecule has 0 unspecified atom stereocenters. The number of pyridine rings is 2. The molecule has 0 aliphatic rings. The summed E-state index contributed by atoms with van der Waals surface area (Å²) in [5, 5.41) is 14.1. The highest BCUT2D eigenvalue weighted by Crippen LogP contribution is 2.31. The van der Waals surface area contributed by atoms with Gasteiger partial charge in [0.2, 0.25) is 0 Å². The third-order valence-corrected chi connectivity index (χ3v) is 3.86. The summed E-state index contributed by atoms with van der Waals surface area (Å²) in [5.74, 6) is 1.00. The second-order valence-corrected chi connectivity index (χ2v) is 5.52. The number of benzene rings is 1. The van der Waals surface area contributed by atoms with E-state index in [-0.39, 0.29) is 5.75 Å². The number of nitrogens with zero attached hydrogens (tertiary/aromatic N) is 2. The monoisotopic (exact) mass is 316 g/mol. The van der Waals surface area contributed by atoms with Gasteiger partial charge in [0.1, 0.15) is 17.2 Å². The van der Waals surface area contributed by atoms with E-state index in [0.29, 0.717) is 6.54 Å². The minimum Gasteiger partial charge on any atom is -0.508 e. The number of fused-ring (bicyclic) bond motifs is 1. The van der Waals surface area contributed by atoms with E-state index in [2.05, 4.69) is 20.3 Å². The van der Waals surface area contributed by atoms with Crippen LogP contribution in [0.15, 0.2) is 67.0 Å². The molecule has 0 spiro atoms. The Labute approximate surface area is 139 Å². The molecule has 24 heavy (non-hydrogen) atoms. The average molecular weight is 316 g/mol. The Morgan fingerprint density at radius 2 is 2.00 bits per heavy atom. The van der Waals surface area contributed by atoms with Crippen molar-refractivity contribution in [2.45, 2.75) is 6.54 Å². The molecule has 0 amide bonds. The summed E-state index contributed by atoms with van der Waals surface area (Å²) in [5.41, 5.74) is 3.72. The Hall–Kier alpha value is -3.34. The molecule has 4 aromatic rings. The zero-order chi connectivity index (χ0) is 16.4. The lowest BCUT2D eigenvalue weighted by molar-refractivity contribution is 0.475. The van der Waals surface area contributed by atoms with Crippen molar-refractivity contribution in [2.24, 2.45) is 0 Å². The molecule has 0 saturated heterocycles. The molecule has 5 nitrogen and oxygen atoms in total. The number of aromatic nitrogens is 3. The first-order valence-corrected chi connectivity index (χ1v) is 7.71. The van der Waals surface area contributed by atoms with E-state index in [1.54, 1.807) is 18.3 Å². The normalized spacial score (nSPS) is 10.8. The predicted octanol–water partition coefficient (Wildman–Crippen LogP) is 3.94. The molecule has 3 heterocycles. The van der Waals surface area contributed by atoms with Gasteiger partial charge in [-0.2, -0.15) is 0 Å². The smallest absolute Gasteiger partial charge is 0.140 e. The average Bonchev–Trinajstić information content (AvgIpc) is 3.08. The molecule has 3 aromatic heterocycles. The molecule has 0 aliphatic heterocycles. The summed E-state index contributed by atoms with van der Waals surface area (Å²) in [6, 6.07) is 17.0. The number of aromatic amines is 1. The first kappa shape index (κ1) is 14.3. The fourth-order valence-electron chi connectivity index (χ4n) is 2.72. The second-order valence-electron chi connectivity index (χ2n) is 5.52. The summed E-state index contributed by atoms with van der Waals surface area (Å²) < 4.78 is 0. The van der Waals surface area contributed by atoms with Crippen LogP contribution in [-0.4, -0.2) is 20.1 Å². The first-order valence-electron chi connectivity index (χ1n) is 7.71. The van der Waals surface area contributed by atoms with Crippen molar-refractivity contribution in [3.8, 4) is 16.9 Å². The van der Waals surface area contributed by atoms with Crippen molar-refractivity contribution < 1.29 is 5.11 Å². The molecular formula is C19H16N4O. The number of aromatic hydroxyl groups is 1. The van der Waals surface area contributed by atoms with Gasteiger partial charge in [0.15, 0.2) is 0 Å². The maximum Gasteiger partial charge on any atom is 0.140 e. The van der Waals surface area contributed by atoms with Gasteiger partial charge < -0.3 is 15.4 Å². The molecule has 0 bridgehead atoms. The van der Waals surface area contributed by atoms with Crippen LogP contribution in [0.4, 0.5) is 5.82 Å². The predicted molar refractivity (Wildman–Crippen MR) is 94.8 cm³/mol. The Balaban J connectivity index is 1.72. The van der Waals surface area contributed by atoms with Crippen LogP contribution in [0.1, 0.15) is 5.69 Å². The minimum absolute atomic E-state index is 0.246. The van der Waals surface area contributed by atoms with Crippen molar-refractivity contribution >= 4 is 16.9 Å². The highest BCUT2D eigenvalue weighted by Gasteiger charge is 2.09. The Morgan fingerprint density at radius 3 is 2.83 bits per heavy atom. The van der Waals surface area contributed by atoms with Gasteiger partial charge in [0.05, 0.1) is 12.2 Å². The fourth-order valence-corrected chi connectivity index (χ4v) is 2.72. The van der Waals surface area contributed by atoms with Crippen molar-refractivity contribution in [1.29, 1.82) is 0 Å². The van der Waals surface area contributed by atoms with E-state index in [1.807, 2.05) is 48.7 Å². The third-order valence-electron chi connectivity index (χ3n) is 3.86. The van der Waals surface area contributed by atoms with Crippen LogP contribution < -0.4 is 5.32 Å². The second kappa shape index (κ2) is 6.04. The zero-order valence-corrected chi connectivity index (χ0v) is 12.9. The summed E-state index contributed by atoms with van der Waals surface area (Å²) in [6.45, 7) is 0.597. The molecule has 1 aromatic carbocycles. The number of hydrogen-bond acceptors (Lipinski definition) is 4. The summed E-state index contributed by atoms with van der Waals surface area (Å²) in [4.78, 5) is 12.1. The van der Waals surface area contributed by atoms with Gasteiger partial charge in [0.25, 0.3) is 0 Å². The number of rotatable bonds is 4. The van der Waals surface area contributed by atoms with Crippen LogP contribution in [0.25, 0.3) is 22.2 Å². The quantitative estimate of drug-likeness (QED) is 0.533. The van der Waals surface area contributed by atoms with Crippen LogP contribution in [0, 0.1) is 0 Å². The van der Waals surface area contributed by atoms with Gasteiger partial charge >= 0.3 is 0 Å². The lowest BCUT2D eigenvalue weighted by Gasteiger charge is -2.10. The molecule has 118 valence electrons. The third kappa shape index (κ3) is 2.79. The van der Waals surface area contributed by atoms with Crippen molar-refractivity contribution in [3.05, 3.63) is 72.7 Å². The SMILES string of the molecule is Oc1cccc(-c2cc(NCc3ccccn3)nc3[nH]ccc23)c1. The fraction of sp³-hybridized carbons (Fsp3) is 0.0526. The Bertz CT molecular complexity index is 979. The van der Waals surface area contributed by atoms with Crippen LogP contribution in [0.2, 0.25) is 0 Å². The van der Waals surface area contributed by atoms with E-state index >= 15 is 0 Å². The van der Waals surface area contributed by atoms with E-state index in [1.165, 1.54) is 0 Å². The number of anilines is 1. The molecule has 0 fully saturated rings. The van der Waals surface area contributed by atoms with Crippen LogP contribution in [-0.2, 0) is 6.54 Å². The van der Waals surface area contributed by atoms with E-state index in [4.69, 9.17) is 0 Å². The highest BCUT2D eigenvalue weighted by atomic mass is 16.3. The number of phenolic OH excluding ortho intramolecular Hbond substituents is 1. The van der Waals surface area contributed by atoms with Gasteiger partial charge in [-0.3, -0.25) is 4.98 Å². The van der Waals surface area contributed by atoms with Crippen LogP contribution in [0.5, 0.6) is 5.75 Å². The molecule has 5 heteroatoms. The molecule has 0 aliphatic carbocycles. The molecule has 0 radical (unpaired) electrons. The van der Waals surface area contributed by atoms with E-state index < -0.39 is 0 Å².